The Balaban J connectivity index is 1.73. The predicted octanol–water partition coefficient (Wildman–Crippen LogP) is 2.97. The second-order valence-corrected chi connectivity index (χ2v) is 7.05. The maximum Gasteiger partial charge on any atom is 0.276 e. The average Bonchev–Trinajstić information content (AvgIpc) is 3.26. The summed E-state index contributed by atoms with van der Waals surface area (Å²) in [5.74, 6) is 0.664. The summed E-state index contributed by atoms with van der Waals surface area (Å²) in [5, 5.41) is 5.76. The Morgan fingerprint density at radius 1 is 1.46 bits per heavy atom. The van der Waals surface area contributed by atoms with Gasteiger partial charge in [0, 0.05) is 24.9 Å². The highest BCUT2D eigenvalue weighted by Gasteiger charge is 2.32. The van der Waals surface area contributed by atoms with Crippen LogP contribution < -0.4 is 0 Å². The standard InChI is InChI=1S/C17H20N2O4S/c1-11(2)15-9-13(18-23-15)17(21)19-5-6-22-10-12(19)8-14(20)16-4-3-7-24-16/h3-4,7,9,11-12H,5-6,8,10H2,1-2H3/t12-/m0/s1. The van der Waals surface area contributed by atoms with Crippen molar-refractivity contribution in [2.24, 2.45) is 0 Å². The Morgan fingerprint density at radius 3 is 2.96 bits per heavy atom. The first kappa shape index (κ1) is 16.9. The van der Waals surface area contributed by atoms with E-state index in [1.165, 1.54) is 11.3 Å². The molecule has 24 heavy (non-hydrogen) atoms. The molecular formula is C17H20N2O4S. The molecule has 0 N–H and O–H groups in total. The van der Waals surface area contributed by atoms with Gasteiger partial charge in [0.1, 0.15) is 5.76 Å². The summed E-state index contributed by atoms with van der Waals surface area (Å²) in [4.78, 5) is 27.5. The van der Waals surface area contributed by atoms with Crippen LogP contribution in [-0.2, 0) is 4.74 Å². The summed E-state index contributed by atoms with van der Waals surface area (Å²) in [6, 6.07) is 5.05. The van der Waals surface area contributed by atoms with Gasteiger partial charge in [0.25, 0.3) is 5.91 Å². The van der Waals surface area contributed by atoms with Crippen molar-refractivity contribution >= 4 is 23.0 Å². The molecule has 1 amide bonds. The van der Waals surface area contributed by atoms with Crippen LogP contribution in [0.4, 0.5) is 0 Å². The number of hydrogen-bond acceptors (Lipinski definition) is 6. The van der Waals surface area contributed by atoms with Crippen molar-refractivity contribution in [1.29, 1.82) is 0 Å². The summed E-state index contributed by atoms with van der Waals surface area (Å²) in [6.07, 6.45) is 0.251. The van der Waals surface area contributed by atoms with E-state index in [4.69, 9.17) is 9.26 Å². The fourth-order valence-electron chi connectivity index (χ4n) is 2.65. The molecule has 0 spiro atoms. The number of rotatable bonds is 5. The first-order valence-electron chi connectivity index (χ1n) is 7.98. The predicted molar refractivity (Wildman–Crippen MR) is 89.5 cm³/mol. The van der Waals surface area contributed by atoms with Gasteiger partial charge in [0.05, 0.1) is 24.1 Å². The Labute approximate surface area is 144 Å². The first-order valence-corrected chi connectivity index (χ1v) is 8.86. The van der Waals surface area contributed by atoms with Crippen LogP contribution in [0.3, 0.4) is 0 Å². The number of carbonyl (C=O) groups is 2. The van der Waals surface area contributed by atoms with Crippen LogP contribution in [0.1, 0.15) is 52.1 Å². The Bertz CT molecular complexity index is 708. The normalized spacial score (nSPS) is 18.1. The minimum Gasteiger partial charge on any atom is -0.377 e. The van der Waals surface area contributed by atoms with E-state index in [1.807, 2.05) is 25.3 Å². The molecule has 0 bridgehead atoms. The zero-order chi connectivity index (χ0) is 17.1. The Kier molecular flexibility index (Phi) is 5.11. The Morgan fingerprint density at radius 2 is 2.29 bits per heavy atom. The van der Waals surface area contributed by atoms with Crippen molar-refractivity contribution < 1.29 is 18.8 Å². The molecule has 0 unspecified atom stereocenters. The number of hydrogen-bond donors (Lipinski definition) is 0. The maximum atomic E-state index is 12.8. The number of morpholine rings is 1. The van der Waals surface area contributed by atoms with Crippen LogP contribution in [0, 0.1) is 0 Å². The molecule has 6 nitrogen and oxygen atoms in total. The fourth-order valence-corrected chi connectivity index (χ4v) is 3.33. The Hall–Kier alpha value is -1.99. The number of amides is 1. The molecule has 0 radical (unpaired) electrons. The first-order chi connectivity index (χ1) is 11.6. The molecule has 1 saturated heterocycles. The van der Waals surface area contributed by atoms with Gasteiger partial charge in [-0.05, 0) is 11.4 Å². The van der Waals surface area contributed by atoms with Gasteiger partial charge in [-0.15, -0.1) is 11.3 Å². The van der Waals surface area contributed by atoms with Gasteiger partial charge in [-0.2, -0.15) is 0 Å². The third-order valence-corrected chi connectivity index (χ3v) is 4.93. The summed E-state index contributed by atoms with van der Waals surface area (Å²) in [7, 11) is 0. The van der Waals surface area contributed by atoms with Gasteiger partial charge in [0.15, 0.2) is 11.5 Å². The van der Waals surface area contributed by atoms with E-state index < -0.39 is 0 Å². The van der Waals surface area contributed by atoms with E-state index in [0.717, 1.165) is 0 Å². The summed E-state index contributed by atoms with van der Waals surface area (Å²) < 4.78 is 10.7. The number of nitrogens with zero attached hydrogens (tertiary/aromatic N) is 2. The van der Waals surface area contributed by atoms with Crippen molar-refractivity contribution in [2.45, 2.75) is 32.2 Å². The molecule has 3 rings (SSSR count). The summed E-state index contributed by atoms with van der Waals surface area (Å²) >= 11 is 1.41. The molecule has 0 aliphatic carbocycles. The van der Waals surface area contributed by atoms with Crippen LogP contribution in [0.25, 0.3) is 0 Å². The lowest BCUT2D eigenvalue weighted by atomic mass is 10.1. The molecule has 128 valence electrons. The van der Waals surface area contributed by atoms with E-state index in [-0.39, 0.29) is 35.8 Å². The zero-order valence-electron chi connectivity index (χ0n) is 13.7. The second kappa shape index (κ2) is 7.27. The lowest BCUT2D eigenvalue weighted by Gasteiger charge is -2.34. The van der Waals surface area contributed by atoms with Gasteiger partial charge >= 0.3 is 0 Å². The largest absolute Gasteiger partial charge is 0.377 e. The van der Waals surface area contributed by atoms with Gasteiger partial charge < -0.3 is 14.2 Å². The molecule has 1 fully saturated rings. The minimum absolute atomic E-state index is 0.0290. The van der Waals surface area contributed by atoms with Crippen LogP contribution in [0.15, 0.2) is 28.1 Å². The maximum absolute atomic E-state index is 12.8. The molecule has 2 aromatic heterocycles. The molecule has 2 aromatic rings. The molecule has 0 aromatic carbocycles. The van der Waals surface area contributed by atoms with E-state index in [9.17, 15) is 9.59 Å². The van der Waals surface area contributed by atoms with Crippen molar-refractivity contribution in [3.63, 3.8) is 0 Å². The summed E-state index contributed by atoms with van der Waals surface area (Å²) in [6.45, 7) is 5.23. The van der Waals surface area contributed by atoms with Gasteiger partial charge in [-0.1, -0.05) is 25.1 Å². The van der Waals surface area contributed by atoms with E-state index in [1.54, 1.807) is 17.0 Å². The van der Waals surface area contributed by atoms with Crippen LogP contribution >= 0.6 is 11.3 Å². The number of Topliss-reactive ketones (excluding diaryl/α,β-unsaturated/α-hetero) is 1. The highest BCUT2D eigenvalue weighted by atomic mass is 32.1. The topological polar surface area (TPSA) is 72.6 Å². The number of thiophene rings is 1. The van der Waals surface area contributed by atoms with E-state index in [0.29, 0.717) is 30.4 Å². The third-order valence-electron chi connectivity index (χ3n) is 4.02. The minimum atomic E-state index is -0.278. The second-order valence-electron chi connectivity index (χ2n) is 6.10. The molecule has 7 heteroatoms. The van der Waals surface area contributed by atoms with Gasteiger partial charge in [0.2, 0.25) is 0 Å². The van der Waals surface area contributed by atoms with Crippen molar-refractivity contribution in [1.82, 2.24) is 10.1 Å². The SMILES string of the molecule is CC(C)c1cc(C(=O)N2CCOC[C@@H]2CC(=O)c2cccs2)no1. The highest BCUT2D eigenvalue weighted by Crippen LogP contribution is 2.21. The number of aromatic nitrogens is 1. The number of carbonyl (C=O) groups excluding carboxylic acids is 2. The molecule has 1 aliphatic heterocycles. The van der Waals surface area contributed by atoms with Gasteiger partial charge in [-0.3, -0.25) is 9.59 Å². The van der Waals surface area contributed by atoms with E-state index >= 15 is 0 Å². The average molecular weight is 348 g/mol. The number of ether oxygens (including phenoxy) is 1. The molecule has 3 heterocycles. The van der Waals surface area contributed by atoms with Gasteiger partial charge in [-0.25, -0.2) is 0 Å². The zero-order valence-corrected chi connectivity index (χ0v) is 14.5. The molecule has 1 aliphatic rings. The quantitative estimate of drug-likeness (QED) is 0.777. The van der Waals surface area contributed by atoms with Crippen molar-refractivity contribution in [3.05, 3.63) is 39.9 Å². The number of ketones is 1. The smallest absolute Gasteiger partial charge is 0.276 e. The molecular weight excluding hydrogens is 328 g/mol. The van der Waals surface area contributed by atoms with Crippen LogP contribution in [-0.4, -0.2) is 47.5 Å². The van der Waals surface area contributed by atoms with Crippen molar-refractivity contribution in [2.75, 3.05) is 19.8 Å². The lowest BCUT2D eigenvalue weighted by Crippen LogP contribution is -2.49. The van der Waals surface area contributed by atoms with Crippen LogP contribution in [0.5, 0.6) is 0 Å². The molecule has 1 atom stereocenters. The fraction of sp³-hybridized carbons (Fsp3) is 0.471. The summed E-state index contributed by atoms with van der Waals surface area (Å²) in [5.41, 5.74) is 0.286. The molecule has 0 saturated carbocycles. The monoisotopic (exact) mass is 348 g/mol. The van der Waals surface area contributed by atoms with E-state index in [2.05, 4.69) is 5.16 Å². The van der Waals surface area contributed by atoms with Crippen LogP contribution in [0.2, 0.25) is 0 Å². The third kappa shape index (κ3) is 3.57. The lowest BCUT2D eigenvalue weighted by molar-refractivity contribution is -0.00325. The highest BCUT2D eigenvalue weighted by molar-refractivity contribution is 7.12. The van der Waals surface area contributed by atoms with Crippen molar-refractivity contribution in [3.8, 4) is 0 Å².